The number of amides is 1. The molecule has 4 nitrogen and oxygen atoms in total. The standard InChI is InChI=1S/C8H6ClN3O/c9-5-1-2-6-7(3-5)12(4-11-6)8(10)13/h1-4H,(H2,10,13). The third kappa shape index (κ3) is 1.25. The molecular weight excluding hydrogens is 190 g/mol. The molecule has 0 aliphatic carbocycles. The molecule has 0 fully saturated rings. The molecule has 66 valence electrons. The first kappa shape index (κ1) is 8.07. The van der Waals surface area contributed by atoms with E-state index in [1.165, 1.54) is 10.9 Å². The molecule has 0 saturated carbocycles. The third-order valence-electron chi connectivity index (χ3n) is 1.75. The molecule has 2 N–H and O–H groups in total. The number of hydrogen-bond donors (Lipinski definition) is 1. The first-order valence-corrected chi connectivity index (χ1v) is 3.98. The Balaban J connectivity index is 2.79. The van der Waals surface area contributed by atoms with E-state index in [9.17, 15) is 4.79 Å². The van der Waals surface area contributed by atoms with Gasteiger partial charge in [0.1, 0.15) is 6.33 Å². The van der Waals surface area contributed by atoms with Gasteiger partial charge >= 0.3 is 6.03 Å². The van der Waals surface area contributed by atoms with E-state index >= 15 is 0 Å². The van der Waals surface area contributed by atoms with Crippen LogP contribution in [0.1, 0.15) is 0 Å². The average molecular weight is 196 g/mol. The number of rotatable bonds is 0. The molecular formula is C8H6ClN3O. The van der Waals surface area contributed by atoms with E-state index in [1.54, 1.807) is 18.2 Å². The zero-order chi connectivity index (χ0) is 9.42. The molecule has 1 aromatic heterocycles. The maximum atomic E-state index is 10.9. The summed E-state index contributed by atoms with van der Waals surface area (Å²) in [5.74, 6) is 0. The Hall–Kier alpha value is -1.55. The van der Waals surface area contributed by atoms with Crippen molar-refractivity contribution in [2.45, 2.75) is 0 Å². The molecule has 5 heteroatoms. The number of aromatic nitrogens is 2. The molecule has 0 aliphatic heterocycles. The van der Waals surface area contributed by atoms with Crippen LogP contribution in [-0.4, -0.2) is 15.6 Å². The van der Waals surface area contributed by atoms with E-state index in [0.717, 1.165) is 0 Å². The fourth-order valence-electron chi connectivity index (χ4n) is 1.16. The summed E-state index contributed by atoms with van der Waals surface area (Å²) in [6, 6.07) is 4.53. The lowest BCUT2D eigenvalue weighted by atomic mass is 10.3. The summed E-state index contributed by atoms with van der Waals surface area (Å²) in [5.41, 5.74) is 6.44. The second kappa shape index (κ2) is 2.74. The van der Waals surface area contributed by atoms with Crippen molar-refractivity contribution in [2.75, 3.05) is 0 Å². The zero-order valence-corrected chi connectivity index (χ0v) is 7.32. The molecule has 0 saturated heterocycles. The maximum absolute atomic E-state index is 10.9. The van der Waals surface area contributed by atoms with E-state index in [-0.39, 0.29) is 0 Å². The lowest BCUT2D eigenvalue weighted by Gasteiger charge is -1.96. The number of imidazole rings is 1. The van der Waals surface area contributed by atoms with Crippen LogP contribution < -0.4 is 5.73 Å². The molecule has 1 aromatic carbocycles. The van der Waals surface area contributed by atoms with Gasteiger partial charge in [-0.25, -0.2) is 9.78 Å². The van der Waals surface area contributed by atoms with Crippen molar-refractivity contribution in [1.29, 1.82) is 0 Å². The van der Waals surface area contributed by atoms with Crippen molar-refractivity contribution < 1.29 is 4.79 Å². The first-order valence-electron chi connectivity index (χ1n) is 3.61. The molecule has 1 amide bonds. The van der Waals surface area contributed by atoms with E-state index in [4.69, 9.17) is 17.3 Å². The quantitative estimate of drug-likeness (QED) is 0.694. The molecule has 1 heterocycles. The Kier molecular flexibility index (Phi) is 1.70. The minimum Gasteiger partial charge on any atom is -0.351 e. The summed E-state index contributed by atoms with van der Waals surface area (Å²) in [6.07, 6.45) is 1.38. The molecule has 0 aliphatic rings. The van der Waals surface area contributed by atoms with Crippen LogP contribution in [0.25, 0.3) is 11.0 Å². The Morgan fingerprint density at radius 3 is 3.00 bits per heavy atom. The number of halogens is 1. The van der Waals surface area contributed by atoms with Crippen LogP contribution in [0, 0.1) is 0 Å². The van der Waals surface area contributed by atoms with Crippen LogP contribution in [0.5, 0.6) is 0 Å². The van der Waals surface area contributed by atoms with Crippen molar-refractivity contribution >= 4 is 28.7 Å². The predicted molar refractivity (Wildman–Crippen MR) is 49.7 cm³/mol. The van der Waals surface area contributed by atoms with E-state index < -0.39 is 6.03 Å². The minimum atomic E-state index is -0.565. The highest BCUT2D eigenvalue weighted by atomic mass is 35.5. The number of benzene rings is 1. The number of carbonyl (C=O) groups excluding carboxylic acids is 1. The van der Waals surface area contributed by atoms with Gasteiger partial charge in [0.2, 0.25) is 0 Å². The number of nitrogens with zero attached hydrogens (tertiary/aromatic N) is 2. The molecule has 0 radical (unpaired) electrons. The number of hydrogen-bond acceptors (Lipinski definition) is 2. The Bertz CT molecular complexity index is 477. The van der Waals surface area contributed by atoms with Gasteiger partial charge in [0.05, 0.1) is 11.0 Å². The van der Waals surface area contributed by atoms with Crippen molar-refractivity contribution in [3.05, 3.63) is 29.5 Å². The lowest BCUT2D eigenvalue weighted by Crippen LogP contribution is -2.18. The smallest absolute Gasteiger partial charge is 0.324 e. The number of nitrogens with two attached hydrogens (primary N) is 1. The number of carbonyl (C=O) groups is 1. The topological polar surface area (TPSA) is 60.9 Å². The van der Waals surface area contributed by atoms with Crippen LogP contribution in [0.3, 0.4) is 0 Å². The summed E-state index contributed by atoms with van der Waals surface area (Å²) in [5, 5.41) is 0.551. The fraction of sp³-hybridized carbons (Fsp3) is 0. The van der Waals surface area contributed by atoms with Gasteiger partial charge in [0.15, 0.2) is 0 Å². The van der Waals surface area contributed by atoms with Crippen LogP contribution in [0.2, 0.25) is 5.02 Å². The minimum absolute atomic E-state index is 0.551. The highest BCUT2D eigenvalue weighted by molar-refractivity contribution is 6.31. The van der Waals surface area contributed by atoms with Crippen molar-refractivity contribution in [2.24, 2.45) is 5.73 Å². The van der Waals surface area contributed by atoms with E-state index in [1.807, 2.05) is 0 Å². The first-order chi connectivity index (χ1) is 6.18. The van der Waals surface area contributed by atoms with Gasteiger partial charge in [-0.1, -0.05) is 11.6 Å². The highest BCUT2D eigenvalue weighted by Crippen LogP contribution is 2.17. The second-order valence-corrected chi connectivity index (χ2v) is 3.02. The summed E-state index contributed by atoms with van der Waals surface area (Å²) < 4.78 is 1.25. The van der Waals surface area contributed by atoms with Crippen LogP contribution in [0.15, 0.2) is 24.5 Å². The second-order valence-electron chi connectivity index (χ2n) is 2.59. The zero-order valence-electron chi connectivity index (χ0n) is 6.57. The van der Waals surface area contributed by atoms with Crippen LogP contribution in [-0.2, 0) is 0 Å². The predicted octanol–water partition coefficient (Wildman–Crippen LogP) is 1.62. The molecule has 0 bridgehead atoms. The van der Waals surface area contributed by atoms with Crippen molar-refractivity contribution in [3.8, 4) is 0 Å². The van der Waals surface area contributed by atoms with Crippen molar-refractivity contribution in [1.82, 2.24) is 9.55 Å². The summed E-state index contributed by atoms with van der Waals surface area (Å²) in [6.45, 7) is 0. The third-order valence-corrected chi connectivity index (χ3v) is 1.98. The number of primary amides is 1. The molecule has 13 heavy (non-hydrogen) atoms. The van der Waals surface area contributed by atoms with Crippen molar-refractivity contribution in [3.63, 3.8) is 0 Å². The van der Waals surface area contributed by atoms with Gasteiger partial charge in [-0.3, -0.25) is 4.57 Å². The SMILES string of the molecule is NC(=O)n1cnc2ccc(Cl)cc21. The maximum Gasteiger partial charge on any atom is 0.324 e. The normalized spacial score (nSPS) is 10.5. The van der Waals surface area contributed by atoms with Gasteiger partial charge in [0, 0.05) is 5.02 Å². The molecule has 0 unspecified atom stereocenters. The Morgan fingerprint density at radius 1 is 1.54 bits per heavy atom. The Labute approximate surface area is 78.9 Å². The summed E-state index contributed by atoms with van der Waals surface area (Å²) in [7, 11) is 0. The van der Waals surface area contributed by atoms with E-state index in [0.29, 0.717) is 16.1 Å². The number of fused-ring (bicyclic) bond motifs is 1. The lowest BCUT2D eigenvalue weighted by molar-refractivity contribution is 0.251. The van der Waals surface area contributed by atoms with Crippen LogP contribution >= 0.6 is 11.6 Å². The van der Waals surface area contributed by atoms with Crippen LogP contribution in [0.4, 0.5) is 4.79 Å². The average Bonchev–Trinajstić information content (AvgIpc) is 2.46. The molecule has 0 spiro atoms. The van der Waals surface area contributed by atoms with Gasteiger partial charge in [0.25, 0.3) is 0 Å². The molecule has 0 atom stereocenters. The fourth-order valence-corrected chi connectivity index (χ4v) is 1.32. The van der Waals surface area contributed by atoms with E-state index in [2.05, 4.69) is 4.98 Å². The van der Waals surface area contributed by atoms with Gasteiger partial charge < -0.3 is 5.73 Å². The summed E-state index contributed by atoms with van der Waals surface area (Å²) >= 11 is 5.76. The van der Waals surface area contributed by atoms with Gasteiger partial charge in [-0.05, 0) is 18.2 Å². The molecule has 2 aromatic rings. The monoisotopic (exact) mass is 195 g/mol. The van der Waals surface area contributed by atoms with Gasteiger partial charge in [-0.15, -0.1) is 0 Å². The summed E-state index contributed by atoms with van der Waals surface area (Å²) in [4.78, 5) is 14.9. The largest absolute Gasteiger partial charge is 0.351 e. The Morgan fingerprint density at radius 2 is 2.31 bits per heavy atom. The molecule has 2 rings (SSSR count). The van der Waals surface area contributed by atoms with Gasteiger partial charge in [-0.2, -0.15) is 0 Å². The highest BCUT2D eigenvalue weighted by Gasteiger charge is 2.05.